The van der Waals surface area contributed by atoms with Gasteiger partial charge in [0, 0.05) is 29.1 Å². The highest BCUT2D eigenvalue weighted by Crippen LogP contribution is 2.28. The van der Waals surface area contributed by atoms with Gasteiger partial charge >= 0.3 is 0 Å². The van der Waals surface area contributed by atoms with Gasteiger partial charge in [-0.2, -0.15) is 11.8 Å². The summed E-state index contributed by atoms with van der Waals surface area (Å²) >= 11 is 5.31. The summed E-state index contributed by atoms with van der Waals surface area (Å²) in [5, 5.41) is 0. The number of hydrogen-bond donors (Lipinski definition) is 0. The maximum atomic E-state index is 12.4. The fourth-order valence-corrected chi connectivity index (χ4v) is 3.23. The van der Waals surface area contributed by atoms with Gasteiger partial charge in [0.15, 0.2) is 0 Å². The molecule has 1 aliphatic heterocycles. The smallest absolute Gasteiger partial charge is 0.258 e. The molecule has 3 nitrogen and oxygen atoms in total. The van der Waals surface area contributed by atoms with Crippen molar-refractivity contribution in [3.8, 4) is 5.75 Å². The second kappa shape index (κ2) is 5.78. The van der Waals surface area contributed by atoms with E-state index < -0.39 is 0 Å². The first-order valence-electron chi connectivity index (χ1n) is 5.43. The van der Waals surface area contributed by atoms with Gasteiger partial charge in [0.25, 0.3) is 5.91 Å². The molecule has 0 aromatic heterocycles. The lowest BCUT2D eigenvalue weighted by Gasteiger charge is -2.27. The van der Waals surface area contributed by atoms with Gasteiger partial charge < -0.3 is 9.64 Å². The average molecular weight is 316 g/mol. The Bertz CT molecular complexity index is 419. The lowest BCUT2D eigenvalue weighted by atomic mass is 10.1. The van der Waals surface area contributed by atoms with Crippen LogP contribution in [0.2, 0.25) is 0 Å². The Morgan fingerprint density at radius 2 is 2.12 bits per heavy atom. The number of thioether (sulfide) groups is 1. The van der Waals surface area contributed by atoms with Crippen molar-refractivity contribution in [1.82, 2.24) is 4.90 Å². The van der Waals surface area contributed by atoms with Crippen LogP contribution in [0.25, 0.3) is 0 Å². The minimum Gasteiger partial charge on any atom is -0.496 e. The third-order valence-electron chi connectivity index (χ3n) is 2.71. The van der Waals surface area contributed by atoms with Crippen molar-refractivity contribution >= 4 is 33.6 Å². The Labute approximate surface area is 114 Å². The number of rotatable bonds is 2. The minimum atomic E-state index is 0.0506. The first-order chi connectivity index (χ1) is 8.24. The molecular weight excluding hydrogens is 302 g/mol. The van der Waals surface area contributed by atoms with Crippen LogP contribution in [0.15, 0.2) is 22.7 Å². The summed E-state index contributed by atoms with van der Waals surface area (Å²) < 4.78 is 6.05. The first-order valence-corrected chi connectivity index (χ1v) is 7.38. The number of ether oxygens (including phenoxy) is 1. The molecule has 0 atom stereocenters. The van der Waals surface area contributed by atoms with E-state index in [-0.39, 0.29) is 5.91 Å². The quantitative estimate of drug-likeness (QED) is 0.840. The molecule has 1 amide bonds. The fourth-order valence-electron chi connectivity index (χ4n) is 1.81. The number of amides is 1. The highest BCUT2D eigenvalue weighted by Gasteiger charge is 2.23. The van der Waals surface area contributed by atoms with E-state index in [1.165, 1.54) is 0 Å². The summed E-state index contributed by atoms with van der Waals surface area (Å²) in [6, 6.07) is 5.55. The summed E-state index contributed by atoms with van der Waals surface area (Å²) in [7, 11) is 1.59. The van der Waals surface area contributed by atoms with Gasteiger partial charge in [-0.3, -0.25) is 4.79 Å². The van der Waals surface area contributed by atoms with E-state index in [9.17, 15) is 4.79 Å². The van der Waals surface area contributed by atoms with Crippen LogP contribution in [0.5, 0.6) is 5.75 Å². The van der Waals surface area contributed by atoms with Crippen LogP contribution in [0.4, 0.5) is 0 Å². The second-order valence-corrected chi connectivity index (χ2v) is 5.80. The highest BCUT2D eigenvalue weighted by atomic mass is 79.9. The van der Waals surface area contributed by atoms with Crippen LogP contribution in [0.3, 0.4) is 0 Å². The normalized spacial score (nSPS) is 15.8. The monoisotopic (exact) mass is 315 g/mol. The van der Waals surface area contributed by atoms with E-state index >= 15 is 0 Å². The molecule has 0 bridgehead atoms. The standard InChI is InChI=1S/C12H14BrNO2S/c1-16-10-4-2-3-9(13)11(10)12(15)14-5-7-17-8-6-14/h2-4H,5-8H2,1H3. The lowest BCUT2D eigenvalue weighted by Crippen LogP contribution is -2.38. The molecule has 92 valence electrons. The van der Waals surface area contributed by atoms with Crippen LogP contribution in [-0.4, -0.2) is 42.5 Å². The molecule has 1 aromatic rings. The van der Waals surface area contributed by atoms with E-state index in [4.69, 9.17) is 4.74 Å². The molecule has 1 heterocycles. The summed E-state index contributed by atoms with van der Waals surface area (Å²) in [4.78, 5) is 14.3. The molecule has 0 radical (unpaired) electrons. The molecule has 0 aliphatic carbocycles. The molecule has 1 fully saturated rings. The van der Waals surface area contributed by atoms with E-state index in [0.717, 1.165) is 29.1 Å². The number of hydrogen-bond acceptors (Lipinski definition) is 3. The fraction of sp³-hybridized carbons (Fsp3) is 0.417. The van der Waals surface area contributed by atoms with E-state index in [2.05, 4.69) is 15.9 Å². The zero-order valence-electron chi connectivity index (χ0n) is 9.61. The van der Waals surface area contributed by atoms with Crippen molar-refractivity contribution in [2.75, 3.05) is 31.7 Å². The molecule has 2 rings (SSSR count). The van der Waals surface area contributed by atoms with Crippen molar-refractivity contribution < 1.29 is 9.53 Å². The van der Waals surface area contributed by atoms with Gasteiger partial charge in [0.2, 0.25) is 0 Å². The van der Waals surface area contributed by atoms with Crippen LogP contribution < -0.4 is 4.74 Å². The van der Waals surface area contributed by atoms with Crippen LogP contribution >= 0.6 is 27.7 Å². The van der Waals surface area contributed by atoms with Gasteiger partial charge in [-0.1, -0.05) is 6.07 Å². The largest absolute Gasteiger partial charge is 0.496 e. The Morgan fingerprint density at radius 3 is 2.76 bits per heavy atom. The van der Waals surface area contributed by atoms with Gasteiger partial charge in [-0.05, 0) is 28.1 Å². The van der Waals surface area contributed by atoms with E-state index in [0.29, 0.717) is 11.3 Å². The predicted molar refractivity (Wildman–Crippen MR) is 73.9 cm³/mol. The summed E-state index contributed by atoms with van der Waals surface area (Å²) in [5.41, 5.74) is 0.627. The highest BCUT2D eigenvalue weighted by molar-refractivity contribution is 9.10. The molecule has 0 unspecified atom stereocenters. The SMILES string of the molecule is COc1cccc(Br)c1C(=O)N1CCSCC1. The van der Waals surface area contributed by atoms with Crippen LogP contribution in [0, 0.1) is 0 Å². The Balaban J connectivity index is 2.29. The molecule has 5 heteroatoms. The maximum Gasteiger partial charge on any atom is 0.258 e. The number of nitrogens with zero attached hydrogens (tertiary/aromatic N) is 1. The van der Waals surface area contributed by atoms with Crippen molar-refractivity contribution in [3.63, 3.8) is 0 Å². The maximum absolute atomic E-state index is 12.4. The molecule has 1 saturated heterocycles. The summed E-state index contributed by atoms with van der Waals surface area (Å²) in [5.74, 6) is 2.70. The van der Waals surface area contributed by atoms with Crippen molar-refractivity contribution in [2.45, 2.75) is 0 Å². The number of carbonyl (C=O) groups is 1. The van der Waals surface area contributed by atoms with Crippen molar-refractivity contribution in [2.24, 2.45) is 0 Å². The van der Waals surface area contributed by atoms with Gasteiger partial charge in [0.05, 0.1) is 12.7 Å². The topological polar surface area (TPSA) is 29.5 Å². The van der Waals surface area contributed by atoms with E-state index in [1.807, 2.05) is 34.9 Å². The zero-order chi connectivity index (χ0) is 12.3. The molecule has 1 aliphatic rings. The Morgan fingerprint density at radius 1 is 1.41 bits per heavy atom. The molecule has 1 aromatic carbocycles. The van der Waals surface area contributed by atoms with Crippen molar-refractivity contribution in [3.05, 3.63) is 28.2 Å². The van der Waals surface area contributed by atoms with Gasteiger partial charge in [-0.15, -0.1) is 0 Å². The number of carbonyl (C=O) groups excluding carboxylic acids is 1. The first kappa shape index (κ1) is 12.8. The third-order valence-corrected chi connectivity index (χ3v) is 4.31. The minimum absolute atomic E-state index is 0.0506. The predicted octanol–water partition coefficient (Wildman–Crippen LogP) is 2.65. The van der Waals surface area contributed by atoms with Gasteiger partial charge in [-0.25, -0.2) is 0 Å². The molecule has 17 heavy (non-hydrogen) atoms. The Kier molecular flexibility index (Phi) is 4.34. The van der Waals surface area contributed by atoms with Gasteiger partial charge in [0.1, 0.15) is 5.75 Å². The van der Waals surface area contributed by atoms with Crippen molar-refractivity contribution in [1.29, 1.82) is 0 Å². The number of methoxy groups -OCH3 is 1. The number of halogens is 1. The zero-order valence-corrected chi connectivity index (χ0v) is 12.0. The average Bonchev–Trinajstić information content (AvgIpc) is 2.38. The number of benzene rings is 1. The summed E-state index contributed by atoms with van der Waals surface area (Å²) in [6.07, 6.45) is 0. The second-order valence-electron chi connectivity index (χ2n) is 3.72. The van der Waals surface area contributed by atoms with Crippen LogP contribution in [0.1, 0.15) is 10.4 Å². The molecule has 0 spiro atoms. The molecule has 0 saturated carbocycles. The van der Waals surface area contributed by atoms with E-state index in [1.54, 1.807) is 7.11 Å². The van der Waals surface area contributed by atoms with Crippen LogP contribution in [-0.2, 0) is 0 Å². The Hall–Kier alpha value is -0.680. The molecule has 0 N–H and O–H groups in total. The lowest BCUT2D eigenvalue weighted by molar-refractivity contribution is 0.0768. The molecular formula is C12H14BrNO2S. The summed E-state index contributed by atoms with van der Waals surface area (Å²) in [6.45, 7) is 1.63. The third kappa shape index (κ3) is 2.77.